The molecule has 0 amide bonds. The lowest BCUT2D eigenvalue weighted by atomic mass is 10.1. The smallest absolute Gasteiger partial charge is 0.212 e. The van der Waals surface area contributed by atoms with E-state index >= 15 is 0 Å². The Morgan fingerprint density at radius 2 is 1.62 bits per heavy atom. The van der Waals surface area contributed by atoms with Crippen molar-refractivity contribution in [3.05, 3.63) is 0 Å². The number of hydrogen-bond acceptors (Lipinski definition) is 2. The minimum atomic E-state index is -3.00. The molecule has 0 aromatic rings. The molecule has 2 heterocycles. The van der Waals surface area contributed by atoms with Gasteiger partial charge in [0.15, 0.2) is 0 Å². The first kappa shape index (κ1) is 11.3. The Bertz CT molecular complexity index is 365. The SMILES string of the molecule is O=S(=O)(CC1CC1)N1C2CCC1CC(Cl)C2. The molecule has 1 saturated carbocycles. The molecule has 3 fully saturated rings. The normalized spacial score (nSPS) is 40.2. The van der Waals surface area contributed by atoms with Crippen molar-refractivity contribution in [2.24, 2.45) is 5.92 Å². The van der Waals surface area contributed by atoms with Crippen molar-refractivity contribution in [3.63, 3.8) is 0 Å². The van der Waals surface area contributed by atoms with Crippen LogP contribution in [0.4, 0.5) is 0 Å². The molecular weight excluding hydrogens is 246 g/mol. The van der Waals surface area contributed by atoms with E-state index in [0.29, 0.717) is 11.7 Å². The van der Waals surface area contributed by atoms with E-state index in [2.05, 4.69) is 0 Å². The zero-order valence-electron chi connectivity index (χ0n) is 9.31. The van der Waals surface area contributed by atoms with Crippen LogP contribution in [0.15, 0.2) is 0 Å². The van der Waals surface area contributed by atoms with Crippen LogP contribution in [0.3, 0.4) is 0 Å². The lowest BCUT2D eigenvalue weighted by molar-refractivity contribution is 0.251. The van der Waals surface area contributed by atoms with Crippen molar-refractivity contribution >= 4 is 21.6 Å². The second-order valence-electron chi connectivity index (χ2n) is 5.51. The summed E-state index contributed by atoms with van der Waals surface area (Å²) in [6.45, 7) is 0. The van der Waals surface area contributed by atoms with Crippen molar-refractivity contribution in [3.8, 4) is 0 Å². The number of nitrogens with zero attached hydrogens (tertiary/aromatic N) is 1. The van der Waals surface area contributed by atoms with E-state index in [1.54, 1.807) is 0 Å². The maximum Gasteiger partial charge on any atom is 0.214 e. The van der Waals surface area contributed by atoms with Gasteiger partial charge in [0.05, 0.1) is 5.75 Å². The van der Waals surface area contributed by atoms with E-state index in [1.807, 2.05) is 4.31 Å². The number of halogens is 1. The van der Waals surface area contributed by atoms with Crippen LogP contribution in [0.2, 0.25) is 0 Å². The molecule has 3 nitrogen and oxygen atoms in total. The average molecular weight is 264 g/mol. The van der Waals surface area contributed by atoms with Gasteiger partial charge in [-0.15, -0.1) is 11.6 Å². The molecule has 5 heteroatoms. The highest BCUT2D eigenvalue weighted by Crippen LogP contribution is 2.41. The van der Waals surface area contributed by atoms with Crippen LogP contribution in [0.1, 0.15) is 38.5 Å². The number of piperidine rings is 1. The maximum atomic E-state index is 12.3. The molecule has 2 bridgehead atoms. The summed E-state index contributed by atoms with van der Waals surface area (Å²) in [5.41, 5.74) is 0. The van der Waals surface area contributed by atoms with Crippen molar-refractivity contribution in [2.45, 2.75) is 56.0 Å². The second-order valence-corrected chi connectivity index (χ2v) is 8.04. The van der Waals surface area contributed by atoms with Gasteiger partial charge < -0.3 is 0 Å². The standard InChI is InChI=1S/C11H18ClNO2S/c12-9-5-10-3-4-11(6-9)13(10)16(14,15)7-8-1-2-8/h8-11H,1-7H2. The van der Waals surface area contributed by atoms with Gasteiger partial charge >= 0.3 is 0 Å². The van der Waals surface area contributed by atoms with E-state index in [4.69, 9.17) is 11.6 Å². The highest BCUT2D eigenvalue weighted by atomic mass is 35.5. The summed E-state index contributed by atoms with van der Waals surface area (Å²) in [6.07, 6.45) is 5.92. The lowest BCUT2D eigenvalue weighted by Gasteiger charge is -2.35. The molecule has 2 unspecified atom stereocenters. The average Bonchev–Trinajstić information content (AvgIpc) is 2.91. The monoisotopic (exact) mass is 263 g/mol. The molecule has 0 aromatic carbocycles. The van der Waals surface area contributed by atoms with E-state index < -0.39 is 10.0 Å². The van der Waals surface area contributed by atoms with Gasteiger partial charge in [-0.25, -0.2) is 8.42 Å². The first-order valence-corrected chi connectivity index (χ1v) is 8.26. The number of fused-ring (bicyclic) bond motifs is 2. The van der Waals surface area contributed by atoms with E-state index in [9.17, 15) is 8.42 Å². The highest BCUT2D eigenvalue weighted by molar-refractivity contribution is 7.89. The molecule has 3 rings (SSSR count). The van der Waals surface area contributed by atoms with Crippen molar-refractivity contribution in [1.82, 2.24) is 4.31 Å². The molecule has 0 N–H and O–H groups in total. The van der Waals surface area contributed by atoms with Gasteiger partial charge in [0.1, 0.15) is 0 Å². The highest BCUT2D eigenvalue weighted by Gasteiger charge is 2.47. The van der Waals surface area contributed by atoms with Crippen LogP contribution < -0.4 is 0 Å². The summed E-state index contributed by atoms with van der Waals surface area (Å²) in [7, 11) is -3.00. The molecule has 16 heavy (non-hydrogen) atoms. The molecule has 2 aliphatic heterocycles. The van der Waals surface area contributed by atoms with Crippen molar-refractivity contribution in [2.75, 3.05) is 5.75 Å². The fourth-order valence-electron chi connectivity index (χ4n) is 3.19. The molecule has 0 spiro atoms. The van der Waals surface area contributed by atoms with Gasteiger partial charge in [-0.2, -0.15) is 4.31 Å². The zero-order chi connectivity index (χ0) is 11.3. The second kappa shape index (κ2) is 3.85. The van der Waals surface area contributed by atoms with Crippen LogP contribution in [0.5, 0.6) is 0 Å². The van der Waals surface area contributed by atoms with Gasteiger partial charge in [0, 0.05) is 17.5 Å². The predicted molar refractivity (Wildman–Crippen MR) is 64.0 cm³/mol. The topological polar surface area (TPSA) is 37.4 Å². The fraction of sp³-hybridized carbons (Fsp3) is 1.00. The van der Waals surface area contributed by atoms with E-state index in [-0.39, 0.29) is 17.5 Å². The molecule has 0 radical (unpaired) electrons. The number of alkyl halides is 1. The van der Waals surface area contributed by atoms with Crippen LogP contribution in [0.25, 0.3) is 0 Å². The van der Waals surface area contributed by atoms with Crippen LogP contribution >= 0.6 is 11.6 Å². The van der Waals surface area contributed by atoms with Crippen LogP contribution in [-0.4, -0.2) is 35.9 Å². The number of sulfonamides is 1. The fourth-order valence-corrected chi connectivity index (χ4v) is 5.99. The number of rotatable bonds is 3. The van der Waals surface area contributed by atoms with Gasteiger partial charge in [-0.3, -0.25) is 0 Å². The summed E-state index contributed by atoms with van der Waals surface area (Å²) in [4.78, 5) is 0. The Labute approximate surface area is 102 Å². The predicted octanol–water partition coefficient (Wildman–Crippen LogP) is 1.96. The first-order valence-electron chi connectivity index (χ1n) is 6.21. The third-order valence-electron chi connectivity index (χ3n) is 4.07. The van der Waals surface area contributed by atoms with Crippen LogP contribution in [0, 0.1) is 5.92 Å². The van der Waals surface area contributed by atoms with Gasteiger partial charge in [-0.1, -0.05) is 0 Å². The Morgan fingerprint density at radius 1 is 1.06 bits per heavy atom. The minimum Gasteiger partial charge on any atom is -0.212 e. The summed E-state index contributed by atoms with van der Waals surface area (Å²) in [5.74, 6) is 0.825. The lowest BCUT2D eigenvalue weighted by Crippen LogP contribution is -2.47. The molecule has 92 valence electrons. The molecule has 2 atom stereocenters. The largest absolute Gasteiger partial charge is 0.214 e. The van der Waals surface area contributed by atoms with Crippen molar-refractivity contribution in [1.29, 1.82) is 0 Å². The Morgan fingerprint density at radius 3 is 2.12 bits per heavy atom. The molecular formula is C11H18ClNO2S. The number of hydrogen-bond donors (Lipinski definition) is 0. The maximum absolute atomic E-state index is 12.3. The third-order valence-corrected chi connectivity index (χ3v) is 6.56. The molecule has 3 aliphatic rings. The summed E-state index contributed by atoms with van der Waals surface area (Å²) >= 11 is 6.16. The first-order chi connectivity index (χ1) is 7.56. The van der Waals surface area contributed by atoms with Crippen molar-refractivity contribution < 1.29 is 8.42 Å². The molecule has 2 saturated heterocycles. The van der Waals surface area contributed by atoms with E-state index in [1.165, 1.54) is 0 Å². The Balaban J connectivity index is 1.79. The Kier molecular flexibility index (Phi) is 2.72. The summed E-state index contributed by atoms with van der Waals surface area (Å²) in [5, 5.41) is 0.185. The minimum absolute atomic E-state index is 0.185. The molecule has 1 aliphatic carbocycles. The van der Waals surface area contributed by atoms with Gasteiger partial charge in [-0.05, 0) is 44.4 Å². The van der Waals surface area contributed by atoms with E-state index in [0.717, 1.165) is 38.5 Å². The van der Waals surface area contributed by atoms with Gasteiger partial charge in [0.2, 0.25) is 10.0 Å². The Hall–Kier alpha value is 0.200. The summed E-state index contributed by atoms with van der Waals surface area (Å²) < 4.78 is 26.4. The van der Waals surface area contributed by atoms with Gasteiger partial charge in [0.25, 0.3) is 0 Å². The van der Waals surface area contributed by atoms with Crippen LogP contribution in [-0.2, 0) is 10.0 Å². The quantitative estimate of drug-likeness (QED) is 0.730. The molecule has 0 aromatic heterocycles. The summed E-state index contributed by atoms with van der Waals surface area (Å²) in [6, 6.07) is 0.398. The third kappa shape index (κ3) is 2.00. The zero-order valence-corrected chi connectivity index (χ0v) is 10.9.